The largest absolute Gasteiger partial charge is 0.376 e. The van der Waals surface area contributed by atoms with Crippen LogP contribution in [0.3, 0.4) is 0 Å². The quantitative estimate of drug-likeness (QED) is 0.890. The van der Waals surface area contributed by atoms with E-state index in [9.17, 15) is 0 Å². The van der Waals surface area contributed by atoms with Gasteiger partial charge in [-0.05, 0) is 38.8 Å². The highest BCUT2D eigenvalue weighted by molar-refractivity contribution is 5.23. The van der Waals surface area contributed by atoms with E-state index in [1.807, 2.05) is 19.9 Å². The third-order valence-electron chi connectivity index (χ3n) is 5.47. The maximum absolute atomic E-state index is 6.08. The summed E-state index contributed by atoms with van der Waals surface area (Å²) >= 11 is 0. The van der Waals surface area contributed by atoms with Gasteiger partial charge in [0, 0.05) is 43.5 Å². The lowest BCUT2D eigenvalue weighted by Gasteiger charge is -2.35. The number of ether oxygens (including phenoxy) is 1. The van der Waals surface area contributed by atoms with E-state index in [1.165, 1.54) is 5.56 Å². The first-order valence-electron chi connectivity index (χ1n) is 8.97. The Morgan fingerprint density at radius 1 is 1.28 bits per heavy atom. The fourth-order valence-electron chi connectivity index (χ4n) is 4.05. The van der Waals surface area contributed by atoms with E-state index in [2.05, 4.69) is 25.3 Å². The Bertz CT molecular complexity index is 685. The van der Waals surface area contributed by atoms with Gasteiger partial charge >= 0.3 is 0 Å². The number of piperidine rings is 1. The van der Waals surface area contributed by atoms with Gasteiger partial charge in [0.15, 0.2) is 0 Å². The van der Waals surface area contributed by atoms with Gasteiger partial charge in [0.05, 0.1) is 18.4 Å². The summed E-state index contributed by atoms with van der Waals surface area (Å²) in [6.45, 7) is 8.71. The molecular weight excluding hydrogens is 318 g/mol. The molecule has 134 valence electrons. The molecule has 2 aliphatic heterocycles. The third-order valence-corrected chi connectivity index (χ3v) is 5.47. The number of hydrogen-bond donors (Lipinski definition) is 1. The minimum Gasteiger partial charge on any atom is -0.376 e. The summed E-state index contributed by atoms with van der Waals surface area (Å²) in [5.74, 6) is 2.81. The number of likely N-dealkylation sites (tertiary alicyclic amines) is 1. The third kappa shape index (κ3) is 3.52. The van der Waals surface area contributed by atoms with Crippen molar-refractivity contribution in [3.05, 3.63) is 35.5 Å². The molecule has 7 heteroatoms. The summed E-state index contributed by atoms with van der Waals surface area (Å²) in [4.78, 5) is 10.9. The summed E-state index contributed by atoms with van der Waals surface area (Å²) in [7, 11) is 0. The van der Waals surface area contributed by atoms with Crippen molar-refractivity contribution >= 4 is 5.95 Å². The Balaban J connectivity index is 1.32. The average Bonchev–Trinajstić information content (AvgIpc) is 3.18. The maximum Gasteiger partial charge on any atom is 0.222 e. The van der Waals surface area contributed by atoms with Crippen LogP contribution in [0.4, 0.5) is 5.95 Å². The highest BCUT2D eigenvalue weighted by Crippen LogP contribution is 2.35. The number of aromatic nitrogens is 3. The summed E-state index contributed by atoms with van der Waals surface area (Å²) in [6.07, 6.45) is 4.91. The smallest absolute Gasteiger partial charge is 0.222 e. The van der Waals surface area contributed by atoms with Crippen LogP contribution in [0.2, 0.25) is 0 Å². The molecule has 2 saturated heterocycles. The molecule has 2 aromatic rings. The number of aryl methyl sites for hydroxylation is 2. The average molecular weight is 343 g/mol. The number of fused-ring (bicyclic) bond motifs is 1. The monoisotopic (exact) mass is 343 g/mol. The Labute approximate surface area is 147 Å². The number of hydrogen-bond acceptors (Lipinski definition) is 7. The zero-order valence-electron chi connectivity index (χ0n) is 14.8. The molecule has 0 radical (unpaired) electrons. The van der Waals surface area contributed by atoms with Crippen LogP contribution in [0.15, 0.2) is 23.0 Å². The second-order valence-electron chi connectivity index (χ2n) is 7.08. The lowest BCUT2D eigenvalue weighted by atomic mass is 9.84. The van der Waals surface area contributed by atoms with Crippen molar-refractivity contribution in [1.29, 1.82) is 0 Å². The van der Waals surface area contributed by atoms with Gasteiger partial charge in [0.25, 0.3) is 0 Å². The van der Waals surface area contributed by atoms with E-state index >= 15 is 0 Å². The Morgan fingerprint density at radius 3 is 2.88 bits per heavy atom. The van der Waals surface area contributed by atoms with Crippen molar-refractivity contribution in [3.63, 3.8) is 0 Å². The number of nitrogens with zero attached hydrogens (tertiary/aromatic N) is 4. The minimum atomic E-state index is 0.245. The Hall–Kier alpha value is -1.99. The van der Waals surface area contributed by atoms with Crippen molar-refractivity contribution in [3.8, 4) is 0 Å². The van der Waals surface area contributed by atoms with Crippen molar-refractivity contribution in [2.24, 2.45) is 11.8 Å². The van der Waals surface area contributed by atoms with Crippen LogP contribution in [-0.2, 0) is 11.3 Å². The lowest BCUT2D eigenvalue weighted by Crippen LogP contribution is -2.42. The molecule has 0 spiro atoms. The van der Waals surface area contributed by atoms with Crippen LogP contribution >= 0.6 is 0 Å². The highest BCUT2D eigenvalue weighted by Gasteiger charge is 2.40. The summed E-state index contributed by atoms with van der Waals surface area (Å²) < 4.78 is 11.4. The maximum atomic E-state index is 6.08. The normalized spacial score (nSPS) is 26.6. The summed E-state index contributed by atoms with van der Waals surface area (Å²) in [5.41, 5.74) is 2.24. The molecule has 0 aromatic carbocycles. The molecule has 7 nitrogen and oxygen atoms in total. The fourth-order valence-corrected chi connectivity index (χ4v) is 4.05. The van der Waals surface area contributed by atoms with Crippen LogP contribution in [0.25, 0.3) is 0 Å². The fraction of sp³-hybridized carbons (Fsp3) is 0.611. The highest BCUT2D eigenvalue weighted by atomic mass is 16.5. The topological polar surface area (TPSA) is 76.3 Å². The second kappa shape index (κ2) is 7.09. The van der Waals surface area contributed by atoms with Crippen LogP contribution < -0.4 is 5.32 Å². The molecule has 2 fully saturated rings. The van der Waals surface area contributed by atoms with Gasteiger partial charge in [0.1, 0.15) is 5.76 Å². The SMILES string of the molecule is Cc1noc(C)c1CN1CC[C@@H]2[C@@H](CO[C@H]2CNc2ncccn2)C1. The number of anilines is 1. The van der Waals surface area contributed by atoms with Crippen molar-refractivity contribution in [1.82, 2.24) is 20.0 Å². The molecule has 25 heavy (non-hydrogen) atoms. The predicted molar refractivity (Wildman–Crippen MR) is 93.1 cm³/mol. The Kier molecular flexibility index (Phi) is 4.67. The van der Waals surface area contributed by atoms with E-state index in [1.54, 1.807) is 12.4 Å². The molecule has 0 saturated carbocycles. The first kappa shape index (κ1) is 16.5. The van der Waals surface area contributed by atoms with E-state index in [0.29, 0.717) is 17.8 Å². The van der Waals surface area contributed by atoms with Crippen molar-refractivity contribution in [2.75, 3.05) is 31.6 Å². The molecule has 4 heterocycles. The molecule has 0 bridgehead atoms. The van der Waals surface area contributed by atoms with Gasteiger partial charge in [-0.1, -0.05) is 5.16 Å². The molecule has 0 unspecified atom stereocenters. The predicted octanol–water partition coefficient (Wildman–Crippen LogP) is 2.03. The Morgan fingerprint density at radius 2 is 2.12 bits per heavy atom. The van der Waals surface area contributed by atoms with Crippen LogP contribution in [-0.4, -0.2) is 52.4 Å². The van der Waals surface area contributed by atoms with Crippen LogP contribution in [0, 0.1) is 25.7 Å². The van der Waals surface area contributed by atoms with Gasteiger partial charge in [-0.25, -0.2) is 9.97 Å². The van der Waals surface area contributed by atoms with E-state index in [4.69, 9.17) is 9.26 Å². The number of rotatable bonds is 5. The van der Waals surface area contributed by atoms with E-state index in [0.717, 1.165) is 50.7 Å². The number of nitrogens with one attached hydrogen (secondary N) is 1. The molecule has 0 amide bonds. The van der Waals surface area contributed by atoms with Crippen LogP contribution in [0.1, 0.15) is 23.4 Å². The van der Waals surface area contributed by atoms with Crippen LogP contribution in [0.5, 0.6) is 0 Å². The molecule has 0 aliphatic carbocycles. The van der Waals surface area contributed by atoms with Gasteiger partial charge < -0.3 is 14.6 Å². The molecule has 1 N–H and O–H groups in total. The first-order valence-corrected chi connectivity index (χ1v) is 8.97. The molecule has 2 aliphatic rings. The van der Waals surface area contributed by atoms with E-state index < -0.39 is 0 Å². The molecule has 3 atom stereocenters. The van der Waals surface area contributed by atoms with Gasteiger partial charge in [0.2, 0.25) is 5.95 Å². The zero-order chi connectivity index (χ0) is 17.2. The first-order chi connectivity index (χ1) is 12.2. The lowest BCUT2D eigenvalue weighted by molar-refractivity contribution is 0.0945. The van der Waals surface area contributed by atoms with Gasteiger partial charge in [-0.3, -0.25) is 4.90 Å². The minimum absolute atomic E-state index is 0.245. The molecule has 2 aromatic heterocycles. The second-order valence-corrected chi connectivity index (χ2v) is 7.08. The molecular formula is C18H25N5O2. The van der Waals surface area contributed by atoms with Crippen molar-refractivity contribution in [2.45, 2.75) is 32.9 Å². The van der Waals surface area contributed by atoms with E-state index in [-0.39, 0.29) is 6.10 Å². The summed E-state index contributed by atoms with van der Waals surface area (Å²) in [6, 6.07) is 1.82. The summed E-state index contributed by atoms with van der Waals surface area (Å²) in [5, 5.41) is 7.37. The zero-order valence-corrected chi connectivity index (χ0v) is 14.8. The van der Waals surface area contributed by atoms with Gasteiger partial charge in [-0.15, -0.1) is 0 Å². The van der Waals surface area contributed by atoms with Crippen molar-refractivity contribution < 1.29 is 9.26 Å². The standard InChI is InChI=1S/C18H25N5O2/c1-12-16(13(2)25-22-12)10-23-7-4-15-14(9-23)11-24-17(15)8-21-18-19-5-3-6-20-18/h3,5-6,14-15,17H,4,7-11H2,1-2H3,(H,19,20,21)/t14-,15-,17+/m1/s1. The van der Waals surface area contributed by atoms with Gasteiger partial charge in [-0.2, -0.15) is 0 Å². The molecule has 4 rings (SSSR count).